The minimum absolute atomic E-state index is 0.485. The summed E-state index contributed by atoms with van der Waals surface area (Å²) in [4.78, 5) is 13.2. The topological polar surface area (TPSA) is 43.6 Å². The predicted molar refractivity (Wildman–Crippen MR) is 89.1 cm³/mol. The number of benzene rings is 2. The zero-order valence-electron chi connectivity index (χ0n) is 12.2. The van der Waals surface area contributed by atoms with E-state index in [1.54, 1.807) is 12.5 Å². The molecule has 0 saturated heterocycles. The predicted octanol–water partition coefficient (Wildman–Crippen LogP) is 3.22. The molecule has 0 N–H and O–H groups in total. The van der Waals surface area contributed by atoms with Crippen molar-refractivity contribution in [3.8, 4) is 17.5 Å². The second-order valence-electron chi connectivity index (χ2n) is 4.97. The average Bonchev–Trinajstić information content (AvgIpc) is 3.05. The summed E-state index contributed by atoms with van der Waals surface area (Å²) in [5.74, 6) is 6.57. The zero-order valence-corrected chi connectivity index (χ0v) is 12.2. The SMILES string of the molecule is C(#Cc1ncc2ncn(-c3ccccc3)c2n1)c1ccccc1. The van der Waals surface area contributed by atoms with E-state index < -0.39 is 0 Å². The van der Waals surface area contributed by atoms with E-state index in [2.05, 4.69) is 26.8 Å². The molecule has 0 amide bonds. The summed E-state index contributed by atoms with van der Waals surface area (Å²) in [5, 5.41) is 0. The molecule has 0 saturated carbocycles. The Labute approximate surface area is 133 Å². The molecule has 23 heavy (non-hydrogen) atoms. The van der Waals surface area contributed by atoms with Crippen molar-refractivity contribution in [1.82, 2.24) is 19.5 Å². The van der Waals surface area contributed by atoms with Gasteiger partial charge in [-0.05, 0) is 30.2 Å². The van der Waals surface area contributed by atoms with Gasteiger partial charge in [0, 0.05) is 11.3 Å². The molecule has 2 aromatic heterocycles. The summed E-state index contributed by atoms with van der Waals surface area (Å²) in [6, 6.07) is 19.8. The highest BCUT2D eigenvalue weighted by molar-refractivity contribution is 5.72. The van der Waals surface area contributed by atoms with Crippen molar-refractivity contribution >= 4 is 11.2 Å². The van der Waals surface area contributed by atoms with Crippen molar-refractivity contribution in [2.45, 2.75) is 0 Å². The van der Waals surface area contributed by atoms with Crippen LogP contribution in [0.15, 0.2) is 73.2 Å². The molecule has 2 heterocycles. The lowest BCUT2D eigenvalue weighted by Crippen LogP contribution is -1.96. The van der Waals surface area contributed by atoms with Gasteiger partial charge < -0.3 is 0 Å². The lowest BCUT2D eigenvalue weighted by molar-refractivity contribution is 1.05. The van der Waals surface area contributed by atoms with Gasteiger partial charge in [0.05, 0.1) is 6.20 Å². The van der Waals surface area contributed by atoms with Gasteiger partial charge in [-0.1, -0.05) is 42.3 Å². The third-order valence-electron chi connectivity index (χ3n) is 3.42. The smallest absolute Gasteiger partial charge is 0.207 e. The Hall–Kier alpha value is -3.45. The molecule has 4 aromatic rings. The number of para-hydroxylation sites is 1. The normalized spacial score (nSPS) is 10.3. The van der Waals surface area contributed by atoms with E-state index in [1.807, 2.05) is 65.2 Å². The lowest BCUT2D eigenvalue weighted by atomic mass is 10.2. The van der Waals surface area contributed by atoms with Gasteiger partial charge in [0.15, 0.2) is 5.65 Å². The van der Waals surface area contributed by atoms with E-state index in [0.29, 0.717) is 5.82 Å². The van der Waals surface area contributed by atoms with Crippen LogP contribution >= 0.6 is 0 Å². The number of hydrogen-bond donors (Lipinski definition) is 0. The Morgan fingerprint density at radius 2 is 1.52 bits per heavy atom. The highest BCUT2D eigenvalue weighted by Gasteiger charge is 2.07. The van der Waals surface area contributed by atoms with Crippen molar-refractivity contribution in [1.29, 1.82) is 0 Å². The van der Waals surface area contributed by atoms with Gasteiger partial charge in [-0.3, -0.25) is 4.57 Å². The Bertz CT molecular complexity index is 1010. The van der Waals surface area contributed by atoms with Crippen LogP contribution in [0.25, 0.3) is 16.9 Å². The molecule has 2 aromatic carbocycles. The Kier molecular flexibility index (Phi) is 3.30. The second kappa shape index (κ2) is 5.74. The number of imidazole rings is 1. The fourth-order valence-electron chi connectivity index (χ4n) is 2.30. The maximum atomic E-state index is 4.54. The van der Waals surface area contributed by atoms with Crippen LogP contribution in [-0.2, 0) is 0 Å². The molecule has 4 nitrogen and oxygen atoms in total. The van der Waals surface area contributed by atoms with Crippen molar-refractivity contribution in [3.05, 3.63) is 84.6 Å². The number of nitrogens with zero attached hydrogens (tertiary/aromatic N) is 4. The van der Waals surface area contributed by atoms with E-state index in [9.17, 15) is 0 Å². The van der Waals surface area contributed by atoms with Crippen LogP contribution in [0.5, 0.6) is 0 Å². The van der Waals surface area contributed by atoms with Gasteiger partial charge >= 0.3 is 0 Å². The van der Waals surface area contributed by atoms with Crippen LogP contribution in [0, 0.1) is 11.8 Å². The molecule has 0 aliphatic heterocycles. The maximum Gasteiger partial charge on any atom is 0.207 e. The van der Waals surface area contributed by atoms with Crippen molar-refractivity contribution in [2.75, 3.05) is 0 Å². The molecule has 0 atom stereocenters. The van der Waals surface area contributed by atoms with Crippen LogP contribution in [0.2, 0.25) is 0 Å². The summed E-state index contributed by atoms with van der Waals surface area (Å²) in [7, 11) is 0. The van der Waals surface area contributed by atoms with Crippen molar-refractivity contribution in [2.24, 2.45) is 0 Å². The van der Waals surface area contributed by atoms with Crippen LogP contribution in [0.3, 0.4) is 0 Å². The zero-order chi connectivity index (χ0) is 15.5. The Morgan fingerprint density at radius 3 is 2.30 bits per heavy atom. The molecule has 4 rings (SSSR count). The Balaban J connectivity index is 1.78. The molecule has 0 unspecified atom stereocenters. The van der Waals surface area contributed by atoms with Gasteiger partial charge in [0.2, 0.25) is 5.82 Å². The summed E-state index contributed by atoms with van der Waals surface area (Å²) in [6.07, 6.45) is 3.46. The van der Waals surface area contributed by atoms with Crippen LogP contribution in [0.4, 0.5) is 0 Å². The summed E-state index contributed by atoms with van der Waals surface area (Å²) in [5.41, 5.74) is 3.45. The second-order valence-corrected chi connectivity index (χ2v) is 4.97. The quantitative estimate of drug-likeness (QED) is 0.507. The summed E-state index contributed by atoms with van der Waals surface area (Å²) >= 11 is 0. The van der Waals surface area contributed by atoms with E-state index in [0.717, 1.165) is 22.4 Å². The molecule has 0 spiro atoms. The van der Waals surface area contributed by atoms with Gasteiger partial charge in [-0.25, -0.2) is 15.0 Å². The molecule has 108 valence electrons. The van der Waals surface area contributed by atoms with Gasteiger partial charge in [-0.2, -0.15) is 0 Å². The first-order valence-corrected chi connectivity index (χ1v) is 7.23. The minimum Gasteiger partial charge on any atom is -0.283 e. The molecular weight excluding hydrogens is 284 g/mol. The standard InChI is InChI=1S/C19H12N4/c1-3-7-15(8-4-1)11-12-18-20-13-17-19(22-18)23(14-21-17)16-9-5-2-6-10-16/h1-10,13-14H. The average molecular weight is 296 g/mol. The van der Waals surface area contributed by atoms with E-state index in [-0.39, 0.29) is 0 Å². The van der Waals surface area contributed by atoms with Gasteiger partial charge in [0.25, 0.3) is 0 Å². The first kappa shape index (κ1) is 13.2. The first-order chi connectivity index (χ1) is 11.4. The van der Waals surface area contributed by atoms with Crippen molar-refractivity contribution in [3.63, 3.8) is 0 Å². The maximum absolute atomic E-state index is 4.54. The molecular formula is C19H12N4. The fraction of sp³-hybridized carbons (Fsp3) is 0. The van der Waals surface area contributed by atoms with Gasteiger partial charge in [0.1, 0.15) is 11.8 Å². The van der Waals surface area contributed by atoms with Gasteiger partial charge in [-0.15, -0.1) is 0 Å². The summed E-state index contributed by atoms with van der Waals surface area (Å²) < 4.78 is 1.94. The first-order valence-electron chi connectivity index (χ1n) is 7.23. The third kappa shape index (κ3) is 2.68. The van der Waals surface area contributed by atoms with Crippen LogP contribution in [-0.4, -0.2) is 19.5 Å². The molecule has 0 fully saturated rings. The largest absolute Gasteiger partial charge is 0.283 e. The van der Waals surface area contributed by atoms with Crippen molar-refractivity contribution < 1.29 is 0 Å². The number of fused-ring (bicyclic) bond motifs is 1. The molecule has 0 radical (unpaired) electrons. The van der Waals surface area contributed by atoms with E-state index in [1.165, 1.54) is 0 Å². The van der Waals surface area contributed by atoms with E-state index >= 15 is 0 Å². The van der Waals surface area contributed by atoms with Crippen LogP contribution in [0.1, 0.15) is 11.4 Å². The molecule has 4 heteroatoms. The minimum atomic E-state index is 0.485. The number of rotatable bonds is 1. The lowest BCUT2D eigenvalue weighted by Gasteiger charge is -2.02. The number of aromatic nitrogens is 4. The van der Waals surface area contributed by atoms with E-state index in [4.69, 9.17) is 0 Å². The Morgan fingerprint density at radius 1 is 0.783 bits per heavy atom. The third-order valence-corrected chi connectivity index (χ3v) is 3.42. The molecule has 0 aliphatic carbocycles. The molecule has 0 aliphatic rings. The monoisotopic (exact) mass is 296 g/mol. The summed E-state index contributed by atoms with van der Waals surface area (Å²) in [6.45, 7) is 0. The number of hydrogen-bond acceptors (Lipinski definition) is 3. The highest BCUT2D eigenvalue weighted by Crippen LogP contribution is 2.15. The fourth-order valence-corrected chi connectivity index (χ4v) is 2.30. The highest BCUT2D eigenvalue weighted by atomic mass is 15.1. The molecule has 0 bridgehead atoms. The van der Waals surface area contributed by atoms with Crippen LogP contribution < -0.4 is 0 Å².